The summed E-state index contributed by atoms with van der Waals surface area (Å²) in [5.41, 5.74) is 1.06. The van der Waals surface area contributed by atoms with E-state index in [-0.39, 0.29) is 5.91 Å². The molecule has 1 amide bonds. The third-order valence-electron chi connectivity index (χ3n) is 3.76. The van der Waals surface area contributed by atoms with Crippen molar-refractivity contribution in [3.05, 3.63) is 35.7 Å². The Kier molecular flexibility index (Phi) is 5.09. The summed E-state index contributed by atoms with van der Waals surface area (Å²) in [6, 6.07) is 1.65. The van der Waals surface area contributed by atoms with E-state index >= 15 is 0 Å². The zero-order valence-corrected chi connectivity index (χ0v) is 12.2. The molecule has 2 rings (SSSR count). The first-order chi connectivity index (χ1) is 10.1. The van der Waals surface area contributed by atoms with Gasteiger partial charge >= 0.3 is 5.97 Å². The molecule has 1 N–H and O–H groups in total. The van der Waals surface area contributed by atoms with E-state index in [1.807, 2.05) is 4.90 Å². The van der Waals surface area contributed by atoms with Crippen molar-refractivity contribution in [3.63, 3.8) is 0 Å². The molecule has 1 aliphatic rings. The highest BCUT2D eigenvalue weighted by Crippen LogP contribution is 2.23. The lowest BCUT2D eigenvalue weighted by molar-refractivity contribution is -0.131. The quantitative estimate of drug-likeness (QED) is 0.845. The summed E-state index contributed by atoms with van der Waals surface area (Å²) in [4.78, 5) is 29.0. The number of aliphatic carboxylic acids is 1. The van der Waals surface area contributed by atoms with Crippen LogP contribution in [-0.4, -0.2) is 40.0 Å². The van der Waals surface area contributed by atoms with Crippen molar-refractivity contribution in [2.24, 2.45) is 5.92 Å². The van der Waals surface area contributed by atoms with Gasteiger partial charge in [0, 0.05) is 42.7 Å². The van der Waals surface area contributed by atoms with Crippen LogP contribution in [0.15, 0.2) is 24.5 Å². The Morgan fingerprint density at radius 3 is 3.05 bits per heavy atom. The maximum absolute atomic E-state index is 12.6. The number of carbonyl (C=O) groups is 2. The van der Waals surface area contributed by atoms with Crippen molar-refractivity contribution in [3.8, 4) is 0 Å². The molecule has 0 spiro atoms. The minimum Gasteiger partial charge on any atom is -0.478 e. The normalized spacial score (nSPS) is 18.3. The van der Waals surface area contributed by atoms with Gasteiger partial charge < -0.3 is 10.0 Å². The SMILES string of the molecule is CCCC1CCN(C(=O)c2ccncc2/C=C/C(=O)O)C1. The van der Waals surface area contributed by atoms with Crippen molar-refractivity contribution >= 4 is 18.0 Å². The summed E-state index contributed by atoms with van der Waals surface area (Å²) < 4.78 is 0. The number of amides is 1. The Balaban J connectivity index is 2.14. The summed E-state index contributed by atoms with van der Waals surface area (Å²) in [5, 5.41) is 8.71. The number of hydrogen-bond donors (Lipinski definition) is 1. The van der Waals surface area contributed by atoms with Crippen LogP contribution in [0.5, 0.6) is 0 Å². The van der Waals surface area contributed by atoms with E-state index in [9.17, 15) is 9.59 Å². The second-order valence-corrected chi connectivity index (χ2v) is 5.33. The van der Waals surface area contributed by atoms with Gasteiger partial charge in [0.15, 0.2) is 0 Å². The first kappa shape index (κ1) is 15.2. The predicted octanol–water partition coefficient (Wildman–Crippen LogP) is 2.44. The smallest absolute Gasteiger partial charge is 0.328 e. The lowest BCUT2D eigenvalue weighted by atomic mass is 10.0. The molecular formula is C16H20N2O3. The molecule has 5 nitrogen and oxygen atoms in total. The highest BCUT2D eigenvalue weighted by molar-refractivity contribution is 5.98. The fourth-order valence-corrected chi connectivity index (χ4v) is 2.73. The first-order valence-electron chi connectivity index (χ1n) is 7.26. The number of aromatic nitrogens is 1. The number of carboxylic acid groups (broad SMARTS) is 1. The number of likely N-dealkylation sites (tertiary alicyclic amines) is 1. The monoisotopic (exact) mass is 288 g/mol. The third kappa shape index (κ3) is 3.90. The van der Waals surface area contributed by atoms with Gasteiger partial charge in [-0.3, -0.25) is 9.78 Å². The Morgan fingerprint density at radius 2 is 2.33 bits per heavy atom. The standard InChI is InChI=1S/C16H20N2O3/c1-2-3-12-7-9-18(11-12)16(21)14-6-8-17-10-13(14)4-5-15(19)20/h4-6,8,10,12H,2-3,7,9,11H2,1H3,(H,19,20)/b5-4+. The number of rotatable bonds is 5. The van der Waals surface area contributed by atoms with E-state index in [1.165, 1.54) is 12.3 Å². The molecule has 0 saturated carbocycles. The van der Waals surface area contributed by atoms with Crippen molar-refractivity contribution in [2.45, 2.75) is 26.2 Å². The van der Waals surface area contributed by atoms with E-state index in [0.29, 0.717) is 17.0 Å². The molecule has 0 aliphatic carbocycles. The van der Waals surface area contributed by atoms with Gasteiger partial charge in [-0.2, -0.15) is 0 Å². The molecule has 1 aromatic rings. The zero-order valence-electron chi connectivity index (χ0n) is 12.2. The molecule has 1 atom stereocenters. The zero-order chi connectivity index (χ0) is 15.2. The van der Waals surface area contributed by atoms with Crippen LogP contribution in [0.4, 0.5) is 0 Å². The average Bonchev–Trinajstić information content (AvgIpc) is 2.94. The fourth-order valence-electron chi connectivity index (χ4n) is 2.73. The summed E-state index contributed by atoms with van der Waals surface area (Å²) in [7, 11) is 0. The molecule has 21 heavy (non-hydrogen) atoms. The molecule has 112 valence electrons. The largest absolute Gasteiger partial charge is 0.478 e. The number of carboxylic acids is 1. The highest BCUT2D eigenvalue weighted by Gasteiger charge is 2.27. The number of nitrogens with zero attached hydrogens (tertiary/aromatic N) is 2. The van der Waals surface area contributed by atoms with Gasteiger partial charge in [0.1, 0.15) is 0 Å². The maximum atomic E-state index is 12.6. The lowest BCUT2D eigenvalue weighted by Crippen LogP contribution is -2.29. The average molecular weight is 288 g/mol. The van der Waals surface area contributed by atoms with Crippen LogP contribution in [-0.2, 0) is 4.79 Å². The minimum atomic E-state index is -1.04. The number of hydrogen-bond acceptors (Lipinski definition) is 3. The van der Waals surface area contributed by atoms with Gasteiger partial charge in [-0.25, -0.2) is 4.79 Å². The Bertz CT molecular complexity index is 554. The number of pyridine rings is 1. The van der Waals surface area contributed by atoms with Crippen molar-refractivity contribution in [1.82, 2.24) is 9.88 Å². The Morgan fingerprint density at radius 1 is 1.52 bits per heavy atom. The highest BCUT2D eigenvalue weighted by atomic mass is 16.4. The minimum absolute atomic E-state index is 0.0407. The van der Waals surface area contributed by atoms with Gasteiger partial charge in [0.05, 0.1) is 0 Å². The van der Waals surface area contributed by atoms with Crippen LogP contribution in [0.25, 0.3) is 6.08 Å². The van der Waals surface area contributed by atoms with Crippen LogP contribution in [0.1, 0.15) is 42.1 Å². The van der Waals surface area contributed by atoms with Gasteiger partial charge in [-0.15, -0.1) is 0 Å². The summed E-state index contributed by atoms with van der Waals surface area (Å²) >= 11 is 0. The molecular weight excluding hydrogens is 268 g/mol. The second kappa shape index (κ2) is 7.02. The predicted molar refractivity (Wildman–Crippen MR) is 79.8 cm³/mol. The van der Waals surface area contributed by atoms with E-state index in [0.717, 1.165) is 38.4 Å². The van der Waals surface area contributed by atoms with Crippen LogP contribution < -0.4 is 0 Å². The summed E-state index contributed by atoms with van der Waals surface area (Å²) in [5.74, 6) is -0.499. The van der Waals surface area contributed by atoms with E-state index in [2.05, 4.69) is 11.9 Å². The van der Waals surface area contributed by atoms with E-state index < -0.39 is 5.97 Å². The summed E-state index contributed by atoms with van der Waals surface area (Å²) in [6.45, 7) is 3.72. The molecule has 2 heterocycles. The molecule has 0 radical (unpaired) electrons. The Labute approximate surface area is 124 Å². The van der Waals surface area contributed by atoms with Crippen LogP contribution in [0, 0.1) is 5.92 Å². The van der Waals surface area contributed by atoms with Crippen molar-refractivity contribution in [1.29, 1.82) is 0 Å². The molecule has 1 unspecified atom stereocenters. The molecule has 0 bridgehead atoms. The fraction of sp³-hybridized carbons (Fsp3) is 0.438. The first-order valence-corrected chi connectivity index (χ1v) is 7.26. The molecule has 1 aromatic heterocycles. The van der Waals surface area contributed by atoms with Crippen LogP contribution >= 0.6 is 0 Å². The van der Waals surface area contributed by atoms with E-state index in [1.54, 1.807) is 12.3 Å². The van der Waals surface area contributed by atoms with Gasteiger partial charge in [0.2, 0.25) is 0 Å². The molecule has 1 fully saturated rings. The van der Waals surface area contributed by atoms with Crippen LogP contribution in [0.2, 0.25) is 0 Å². The summed E-state index contributed by atoms with van der Waals surface area (Å²) in [6.07, 6.45) is 8.85. The second-order valence-electron chi connectivity index (χ2n) is 5.33. The molecule has 5 heteroatoms. The van der Waals surface area contributed by atoms with E-state index in [4.69, 9.17) is 5.11 Å². The third-order valence-corrected chi connectivity index (χ3v) is 3.76. The van der Waals surface area contributed by atoms with Crippen molar-refractivity contribution < 1.29 is 14.7 Å². The molecule has 0 aromatic carbocycles. The maximum Gasteiger partial charge on any atom is 0.328 e. The van der Waals surface area contributed by atoms with Gasteiger partial charge in [-0.1, -0.05) is 13.3 Å². The van der Waals surface area contributed by atoms with Crippen LogP contribution in [0.3, 0.4) is 0 Å². The number of carbonyl (C=O) groups excluding carboxylic acids is 1. The van der Waals surface area contributed by atoms with Gasteiger partial charge in [-0.05, 0) is 30.9 Å². The molecule has 1 aliphatic heterocycles. The lowest BCUT2D eigenvalue weighted by Gasteiger charge is -2.17. The molecule has 1 saturated heterocycles. The van der Waals surface area contributed by atoms with Gasteiger partial charge in [0.25, 0.3) is 5.91 Å². The topological polar surface area (TPSA) is 70.5 Å². The Hall–Kier alpha value is -2.17. The van der Waals surface area contributed by atoms with Crippen molar-refractivity contribution in [2.75, 3.05) is 13.1 Å².